The molecule has 1 aromatic carbocycles. The number of aliphatic hydroxyl groups excluding tert-OH is 1. The third-order valence-electron chi connectivity index (χ3n) is 3.81. The van der Waals surface area contributed by atoms with Crippen LogP contribution in [-0.4, -0.2) is 27.8 Å². The van der Waals surface area contributed by atoms with E-state index in [1.807, 2.05) is 4.57 Å². The largest absolute Gasteiger partial charge is 0.395 e. The van der Waals surface area contributed by atoms with Crippen LogP contribution in [0.15, 0.2) is 18.2 Å². The SMILES string of the molecule is OCCn1c(NCC2CCC2)nc2cc(F)ccc21. The molecule has 1 aliphatic carbocycles. The van der Waals surface area contributed by atoms with Gasteiger partial charge >= 0.3 is 0 Å². The normalized spacial score (nSPS) is 15.7. The van der Waals surface area contributed by atoms with Crippen molar-refractivity contribution in [3.05, 3.63) is 24.0 Å². The highest BCUT2D eigenvalue weighted by Crippen LogP contribution is 2.27. The maximum Gasteiger partial charge on any atom is 0.203 e. The van der Waals surface area contributed by atoms with Crippen LogP contribution in [0.4, 0.5) is 10.3 Å². The molecule has 4 nitrogen and oxygen atoms in total. The topological polar surface area (TPSA) is 50.1 Å². The van der Waals surface area contributed by atoms with E-state index in [1.165, 1.54) is 31.4 Å². The minimum Gasteiger partial charge on any atom is -0.395 e. The predicted octanol–water partition coefficient (Wildman–Crippen LogP) is 2.38. The summed E-state index contributed by atoms with van der Waals surface area (Å²) in [5.41, 5.74) is 1.48. The summed E-state index contributed by atoms with van der Waals surface area (Å²) < 4.78 is 15.1. The van der Waals surface area contributed by atoms with Crippen LogP contribution in [0.25, 0.3) is 11.0 Å². The Morgan fingerprint density at radius 3 is 2.95 bits per heavy atom. The Morgan fingerprint density at radius 1 is 1.42 bits per heavy atom. The van der Waals surface area contributed by atoms with Gasteiger partial charge in [0.25, 0.3) is 0 Å². The molecule has 0 bridgehead atoms. The van der Waals surface area contributed by atoms with Gasteiger partial charge in [0.15, 0.2) is 0 Å². The molecule has 0 radical (unpaired) electrons. The number of halogens is 1. The Balaban J connectivity index is 1.89. The highest BCUT2D eigenvalue weighted by Gasteiger charge is 2.18. The van der Waals surface area contributed by atoms with Gasteiger partial charge in [0, 0.05) is 19.2 Å². The van der Waals surface area contributed by atoms with E-state index < -0.39 is 0 Å². The van der Waals surface area contributed by atoms with E-state index >= 15 is 0 Å². The van der Waals surface area contributed by atoms with Gasteiger partial charge in [-0.1, -0.05) is 6.42 Å². The number of imidazole rings is 1. The van der Waals surface area contributed by atoms with Gasteiger partial charge in [0.2, 0.25) is 5.95 Å². The second-order valence-electron chi connectivity index (χ2n) is 5.12. The van der Waals surface area contributed by atoms with E-state index in [0.29, 0.717) is 12.1 Å². The summed E-state index contributed by atoms with van der Waals surface area (Å²) in [6.07, 6.45) is 3.84. The molecule has 1 heterocycles. The molecule has 2 N–H and O–H groups in total. The zero-order valence-electron chi connectivity index (χ0n) is 10.8. The quantitative estimate of drug-likeness (QED) is 0.870. The number of nitrogens with one attached hydrogen (secondary N) is 1. The van der Waals surface area contributed by atoms with E-state index in [-0.39, 0.29) is 12.4 Å². The Morgan fingerprint density at radius 2 is 2.26 bits per heavy atom. The van der Waals surface area contributed by atoms with Gasteiger partial charge in [0.1, 0.15) is 5.82 Å². The second kappa shape index (κ2) is 5.17. The van der Waals surface area contributed by atoms with Crippen LogP contribution in [-0.2, 0) is 6.54 Å². The average molecular weight is 263 g/mol. The van der Waals surface area contributed by atoms with E-state index in [9.17, 15) is 4.39 Å². The van der Waals surface area contributed by atoms with Crippen molar-refractivity contribution < 1.29 is 9.50 Å². The summed E-state index contributed by atoms with van der Waals surface area (Å²) in [4.78, 5) is 4.42. The summed E-state index contributed by atoms with van der Waals surface area (Å²) in [6.45, 7) is 1.41. The summed E-state index contributed by atoms with van der Waals surface area (Å²) in [5.74, 6) is 1.16. The molecule has 1 aromatic heterocycles. The first-order valence-electron chi connectivity index (χ1n) is 6.78. The van der Waals surface area contributed by atoms with E-state index in [4.69, 9.17) is 5.11 Å². The zero-order valence-corrected chi connectivity index (χ0v) is 10.8. The van der Waals surface area contributed by atoms with Crippen LogP contribution < -0.4 is 5.32 Å². The van der Waals surface area contributed by atoms with Crippen LogP contribution in [0.5, 0.6) is 0 Å². The first kappa shape index (κ1) is 12.4. The third-order valence-corrected chi connectivity index (χ3v) is 3.81. The lowest BCUT2D eigenvalue weighted by molar-refractivity contribution is 0.278. The molecule has 0 spiro atoms. The van der Waals surface area contributed by atoms with E-state index in [1.54, 1.807) is 6.07 Å². The van der Waals surface area contributed by atoms with Crippen molar-refractivity contribution >= 4 is 17.0 Å². The summed E-state index contributed by atoms with van der Waals surface area (Å²) in [7, 11) is 0. The number of rotatable bonds is 5. The minimum atomic E-state index is -0.285. The monoisotopic (exact) mass is 263 g/mol. The number of nitrogens with zero attached hydrogens (tertiary/aromatic N) is 2. The first-order valence-corrected chi connectivity index (χ1v) is 6.78. The van der Waals surface area contributed by atoms with Crippen molar-refractivity contribution in [3.63, 3.8) is 0 Å². The van der Waals surface area contributed by atoms with Gasteiger partial charge in [0.05, 0.1) is 17.6 Å². The predicted molar refractivity (Wildman–Crippen MR) is 72.6 cm³/mol. The van der Waals surface area contributed by atoms with Crippen molar-refractivity contribution in [2.45, 2.75) is 25.8 Å². The summed E-state index contributed by atoms with van der Waals surface area (Å²) in [5, 5.41) is 12.5. The number of hydrogen-bond donors (Lipinski definition) is 2. The van der Waals surface area contributed by atoms with Crippen LogP contribution in [0.3, 0.4) is 0 Å². The molecular weight excluding hydrogens is 245 g/mol. The van der Waals surface area contributed by atoms with Gasteiger partial charge in [-0.2, -0.15) is 0 Å². The van der Waals surface area contributed by atoms with Crippen LogP contribution in [0.1, 0.15) is 19.3 Å². The molecule has 1 fully saturated rings. The van der Waals surface area contributed by atoms with Gasteiger partial charge < -0.3 is 15.0 Å². The fourth-order valence-electron chi connectivity index (χ4n) is 2.50. The Bertz CT molecular complexity index is 577. The van der Waals surface area contributed by atoms with Crippen molar-refractivity contribution in [1.82, 2.24) is 9.55 Å². The number of fused-ring (bicyclic) bond motifs is 1. The highest BCUT2D eigenvalue weighted by atomic mass is 19.1. The van der Waals surface area contributed by atoms with Crippen LogP contribution in [0.2, 0.25) is 0 Å². The molecule has 0 aliphatic heterocycles. The van der Waals surface area contributed by atoms with Gasteiger partial charge in [-0.25, -0.2) is 9.37 Å². The van der Waals surface area contributed by atoms with Crippen molar-refractivity contribution in [2.75, 3.05) is 18.5 Å². The van der Waals surface area contributed by atoms with Crippen molar-refractivity contribution in [2.24, 2.45) is 5.92 Å². The summed E-state index contributed by atoms with van der Waals surface area (Å²) >= 11 is 0. The molecule has 1 saturated carbocycles. The Kier molecular flexibility index (Phi) is 3.38. The molecule has 1 aliphatic rings. The number of hydrogen-bond acceptors (Lipinski definition) is 3. The number of aromatic nitrogens is 2. The van der Waals surface area contributed by atoms with Gasteiger partial charge in [-0.05, 0) is 30.9 Å². The average Bonchev–Trinajstić information content (AvgIpc) is 2.65. The third kappa shape index (κ3) is 2.42. The zero-order chi connectivity index (χ0) is 13.2. The lowest BCUT2D eigenvalue weighted by atomic mass is 9.85. The minimum absolute atomic E-state index is 0.0426. The molecule has 2 aromatic rings. The second-order valence-corrected chi connectivity index (χ2v) is 5.12. The number of anilines is 1. The molecule has 102 valence electrons. The van der Waals surface area contributed by atoms with Crippen molar-refractivity contribution in [3.8, 4) is 0 Å². The fourth-order valence-corrected chi connectivity index (χ4v) is 2.50. The van der Waals surface area contributed by atoms with Gasteiger partial charge in [-0.3, -0.25) is 0 Å². The van der Waals surface area contributed by atoms with E-state index in [0.717, 1.165) is 23.9 Å². The standard InChI is InChI=1S/C14H18FN3O/c15-11-4-5-13-12(8-11)17-14(18(13)6-7-19)16-9-10-2-1-3-10/h4-5,8,10,19H,1-3,6-7,9H2,(H,16,17). The Labute approximate surface area is 111 Å². The Hall–Kier alpha value is -1.62. The lowest BCUT2D eigenvalue weighted by Gasteiger charge is -2.25. The maximum atomic E-state index is 13.2. The molecule has 0 atom stereocenters. The van der Waals surface area contributed by atoms with Crippen molar-refractivity contribution in [1.29, 1.82) is 0 Å². The smallest absolute Gasteiger partial charge is 0.203 e. The molecule has 0 saturated heterocycles. The van der Waals surface area contributed by atoms with Crippen LogP contribution in [0, 0.1) is 11.7 Å². The molecular formula is C14H18FN3O. The highest BCUT2D eigenvalue weighted by molar-refractivity contribution is 5.78. The maximum absolute atomic E-state index is 13.2. The fraction of sp³-hybridized carbons (Fsp3) is 0.500. The van der Waals surface area contributed by atoms with Crippen LogP contribution >= 0.6 is 0 Å². The van der Waals surface area contributed by atoms with E-state index in [2.05, 4.69) is 10.3 Å². The molecule has 3 rings (SSSR count). The lowest BCUT2D eigenvalue weighted by Crippen LogP contribution is -2.22. The van der Waals surface area contributed by atoms with Gasteiger partial charge in [-0.15, -0.1) is 0 Å². The number of aliphatic hydroxyl groups is 1. The molecule has 0 unspecified atom stereocenters. The molecule has 5 heteroatoms. The molecule has 0 amide bonds. The number of benzene rings is 1. The molecule has 19 heavy (non-hydrogen) atoms. The first-order chi connectivity index (χ1) is 9.28. The summed E-state index contributed by atoms with van der Waals surface area (Å²) in [6, 6.07) is 4.56.